The number of benzene rings is 2. The van der Waals surface area contributed by atoms with Gasteiger partial charge in [-0.1, -0.05) is 11.6 Å². The molecule has 0 unspecified atom stereocenters. The van der Waals surface area contributed by atoms with Gasteiger partial charge in [-0.05, 0) is 48.9 Å². The molecule has 1 heterocycles. The average Bonchev–Trinajstić information content (AvgIpc) is 2.94. The highest BCUT2D eigenvalue weighted by Gasteiger charge is 2.10. The minimum Gasteiger partial charge on any atom is -0.398 e. The Morgan fingerprint density at radius 2 is 2.00 bits per heavy atom. The lowest BCUT2D eigenvalue weighted by atomic mass is 10.1. The summed E-state index contributed by atoms with van der Waals surface area (Å²) < 4.78 is 13.3. The Morgan fingerprint density at radius 3 is 2.76 bits per heavy atom. The lowest BCUT2D eigenvalue weighted by Crippen LogP contribution is -1.91. The fourth-order valence-electron chi connectivity index (χ4n) is 2.15. The van der Waals surface area contributed by atoms with Gasteiger partial charge in [-0.2, -0.15) is 0 Å². The van der Waals surface area contributed by atoms with Crippen LogP contribution in [0.3, 0.4) is 0 Å². The SMILES string of the molecule is Cc1cc(-c2cnc(-c3cc(Cl)ccc3N)[nH]2)ccc1F. The number of hydrogen-bond donors (Lipinski definition) is 2. The molecular weight excluding hydrogens is 289 g/mol. The number of aryl methyl sites for hydroxylation is 1. The quantitative estimate of drug-likeness (QED) is 0.688. The number of imidazole rings is 1. The average molecular weight is 302 g/mol. The molecule has 0 spiro atoms. The number of nitrogens with one attached hydrogen (secondary N) is 1. The van der Waals surface area contributed by atoms with Crippen LogP contribution in [-0.4, -0.2) is 9.97 Å². The molecule has 21 heavy (non-hydrogen) atoms. The monoisotopic (exact) mass is 301 g/mol. The van der Waals surface area contributed by atoms with Crippen LogP contribution in [0.1, 0.15) is 5.56 Å². The summed E-state index contributed by atoms with van der Waals surface area (Å²) in [7, 11) is 0. The molecule has 5 heteroatoms. The molecule has 0 amide bonds. The summed E-state index contributed by atoms with van der Waals surface area (Å²) in [6.07, 6.45) is 1.70. The van der Waals surface area contributed by atoms with E-state index >= 15 is 0 Å². The van der Waals surface area contributed by atoms with E-state index in [0.717, 1.165) is 16.8 Å². The second-order valence-electron chi connectivity index (χ2n) is 4.84. The Labute approximate surface area is 126 Å². The van der Waals surface area contributed by atoms with Crippen LogP contribution in [0.15, 0.2) is 42.6 Å². The highest BCUT2D eigenvalue weighted by atomic mass is 35.5. The molecule has 0 aliphatic rings. The lowest BCUT2D eigenvalue weighted by Gasteiger charge is -2.03. The van der Waals surface area contributed by atoms with Crippen molar-refractivity contribution in [1.29, 1.82) is 0 Å². The van der Waals surface area contributed by atoms with Gasteiger partial charge in [0.1, 0.15) is 11.6 Å². The number of rotatable bonds is 2. The molecule has 0 atom stereocenters. The van der Waals surface area contributed by atoms with Crippen LogP contribution < -0.4 is 5.73 Å². The van der Waals surface area contributed by atoms with E-state index in [1.54, 1.807) is 43.5 Å². The van der Waals surface area contributed by atoms with E-state index in [2.05, 4.69) is 9.97 Å². The van der Waals surface area contributed by atoms with Gasteiger partial charge in [0, 0.05) is 21.8 Å². The minimum atomic E-state index is -0.224. The normalized spacial score (nSPS) is 10.8. The fourth-order valence-corrected chi connectivity index (χ4v) is 2.32. The molecular formula is C16H13ClFN3. The Bertz CT molecular complexity index is 811. The minimum absolute atomic E-state index is 0.224. The molecule has 0 bridgehead atoms. The van der Waals surface area contributed by atoms with Crippen LogP contribution in [0.4, 0.5) is 10.1 Å². The van der Waals surface area contributed by atoms with Crippen LogP contribution >= 0.6 is 11.6 Å². The van der Waals surface area contributed by atoms with Crippen molar-refractivity contribution in [2.24, 2.45) is 0 Å². The van der Waals surface area contributed by atoms with Gasteiger partial charge in [0.25, 0.3) is 0 Å². The van der Waals surface area contributed by atoms with Crippen molar-refractivity contribution in [1.82, 2.24) is 9.97 Å². The van der Waals surface area contributed by atoms with Crippen molar-refractivity contribution in [2.75, 3.05) is 5.73 Å². The standard InChI is InChI=1S/C16H13ClFN3/c1-9-6-10(2-4-13(9)18)15-8-20-16(21-15)12-7-11(17)3-5-14(12)19/h2-8H,19H2,1H3,(H,20,21). The number of aromatic amines is 1. The number of nitrogens with zero attached hydrogens (tertiary/aromatic N) is 1. The van der Waals surface area contributed by atoms with Crippen LogP contribution in [0.2, 0.25) is 5.02 Å². The molecule has 0 aliphatic heterocycles. The summed E-state index contributed by atoms with van der Waals surface area (Å²) >= 11 is 5.99. The summed E-state index contributed by atoms with van der Waals surface area (Å²) in [5, 5.41) is 0.592. The van der Waals surface area contributed by atoms with Crippen LogP contribution in [-0.2, 0) is 0 Å². The number of aromatic nitrogens is 2. The molecule has 106 valence electrons. The summed E-state index contributed by atoms with van der Waals surface area (Å²) in [5.74, 6) is 0.407. The summed E-state index contributed by atoms with van der Waals surface area (Å²) in [6, 6.07) is 10.2. The van der Waals surface area contributed by atoms with E-state index < -0.39 is 0 Å². The highest BCUT2D eigenvalue weighted by molar-refractivity contribution is 6.31. The van der Waals surface area contributed by atoms with Gasteiger partial charge in [0.05, 0.1) is 11.9 Å². The van der Waals surface area contributed by atoms with Crippen molar-refractivity contribution >= 4 is 17.3 Å². The number of anilines is 1. The third-order valence-corrected chi connectivity index (χ3v) is 3.55. The summed E-state index contributed by atoms with van der Waals surface area (Å²) in [5.41, 5.74) is 9.54. The lowest BCUT2D eigenvalue weighted by molar-refractivity contribution is 0.619. The van der Waals surface area contributed by atoms with Crippen LogP contribution in [0, 0.1) is 12.7 Å². The van der Waals surface area contributed by atoms with Gasteiger partial charge >= 0.3 is 0 Å². The Balaban J connectivity index is 2.03. The summed E-state index contributed by atoms with van der Waals surface area (Å²) in [4.78, 5) is 7.52. The van der Waals surface area contributed by atoms with E-state index in [1.807, 2.05) is 0 Å². The number of hydrogen-bond acceptors (Lipinski definition) is 2. The van der Waals surface area contributed by atoms with Gasteiger partial charge in [-0.25, -0.2) is 9.37 Å². The molecule has 0 aliphatic carbocycles. The van der Waals surface area contributed by atoms with Crippen molar-refractivity contribution in [3.05, 3.63) is 59.0 Å². The van der Waals surface area contributed by atoms with Crippen LogP contribution in [0.5, 0.6) is 0 Å². The molecule has 1 aromatic heterocycles. The smallest absolute Gasteiger partial charge is 0.139 e. The first-order valence-corrected chi connectivity index (χ1v) is 6.79. The predicted molar refractivity (Wildman–Crippen MR) is 83.6 cm³/mol. The number of nitrogen functional groups attached to an aromatic ring is 1. The zero-order valence-corrected chi connectivity index (χ0v) is 12.1. The van der Waals surface area contributed by atoms with Gasteiger partial charge in [-0.15, -0.1) is 0 Å². The second-order valence-corrected chi connectivity index (χ2v) is 5.28. The van der Waals surface area contributed by atoms with Crippen molar-refractivity contribution in [3.63, 3.8) is 0 Å². The Kier molecular flexibility index (Phi) is 3.39. The van der Waals surface area contributed by atoms with Gasteiger partial charge in [-0.3, -0.25) is 0 Å². The van der Waals surface area contributed by atoms with E-state index in [1.165, 1.54) is 6.07 Å². The van der Waals surface area contributed by atoms with E-state index in [9.17, 15) is 4.39 Å². The first-order valence-electron chi connectivity index (χ1n) is 6.41. The molecule has 3 N–H and O–H groups in total. The molecule has 0 fully saturated rings. The van der Waals surface area contributed by atoms with E-state index in [4.69, 9.17) is 17.3 Å². The molecule has 0 saturated carbocycles. The van der Waals surface area contributed by atoms with Gasteiger partial charge in [0.15, 0.2) is 0 Å². The molecule has 3 aromatic rings. The molecule has 0 saturated heterocycles. The molecule has 2 aromatic carbocycles. The molecule has 3 rings (SSSR count). The van der Waals surface area contributed by atoms with Crippen LogP contribution in [0.25, 0.3) is 22.6 Å². The van der Waals surface area contributed by atoms with E-state index in [0.29, 0.717) is 22.1 Å². The Hall–Kier alpha value is -2.33. The zero-order valence-electron chi connectivity index (χ0n) is 11.3. The number of nitrogens with two attached hydrogens (primary N) is 1. The maximum absolute atomic E-state index is 13.3. The summed E-state index contributed by atoms with van der Waals surface area (Å²) in [6.45, 7) is 1.73. The van der Waals surface area contributed by atoms with Crippen molar-refractivity contribution < 1.29 is 4.39 Å². The fraction of sp³-hybridized carbons (Fsp3) is 0.0625. The third kappa shape index (κ3) is 2.62. The second kappa shape index (κ2) is 5.22. The Morgan fingerprint density at radius 1 is 1.19 bits per heavy atom. The topological polar surface area (TPSA) is 54.7 Å². The number of H-pyrrole nitrogens is 1. The van der Waals surface area contributed by atoms with E-state index in [-0.39, 0.29) is 5.82 Å². The van der Waals surface area contributed by atoms with Crippen molar-refractivity contribution in [3.8, 4) is 22.6 Å². The van der Waals surface area contributed by atoms with Gasteiger partial charge < -0.3 is 10.7 Å². The molecule has 3 nitrogen and oxygen atoms in total. The third-order valence-electron chi connectivity index (χ3n) is 3.32. The largest absolute Gasteiger partial charge is 0.398 e. The highest BCUT2D eigenvalue weighted by Crippen LogP contribution is 2.29. The maximum atomic E-state index is 13.3. The zero-order chi connectivity index (χ0) is 15.0. The van der Waals surface area contributed by atoms with Gasteiger partial charge in [0.2, 0.25) is 0 Å². The van der Waals surface area contributed by atoms with Crippen molar-refractivity contribution in [2.45, 2.75) is 6.92 Å². The first-order chi connectivity index (χ1) is 10.0. The number of halogens is 2. The predicted octanol–water partition coefficient (Wildman–Crippen LogP) is 4.43. The molecule has 0 radical (unpaired) electrons. The maximum Gasteiger partial charge on any atom is 0.139 e. The first kappa shape index (κ1) is 13.6.